The molecule has 6 aromatic rings. The van der Waals surface area contributed by atoms with Crippen LogP contribution < -0.4 is 0 Å². The van der Waals surface area contributed by atoms with Crippen molar-refractivity contribution in [3.05, 3.63) is 179 Å². The molecule has 0 aliphatic heterocycles. The largest absolute Gasteiger partial charge is 0.508 e. The van der Waals surface area contributed by atoms with Crippen LogP contribution in [0.25, 0.3) is 0 Å². The Morgan fingerprint density at radius 2 is 0.366 bits per heavy atom. The van der Waals surface area contributed by atoms with Crippen molar-refractivity contribution in [2.45, 2.75) is 379 Å². The number of benzene rings is 6. The molecule has 0 N–H and O–H groups in total. The van der Waals surface area contributed by atoms with Gasteiger partial charge in [-0.2, -0.15) is 0 Å². The lowest BCUT2D eigenvalue weighted by molar-refractivity contribution is 0.339. The third-order valence-electron chi connectivity index (χ3n) is 22.1. The average Bonchev–Trinajstić information content (AvgIpc) is 0.738. The number of phosphoric acid groups is 1. The quantitative estimate of drug-likeness (QED) is 0.0282. The Labute approximate surface area is 638 Å². The first-order valence-corrected chi connectivity index (χ1v) is 48.3. The molecule has 4 nitrogen and oxygen atoms in total. The fraction of sp³-hybridized carbons (Fsp3) is 0.600. The highest BCUT2D eigenvalue weighted by Crippen LogP contribution is 2.87. The van der Waals surface area contributed by atoms with Crippen molar-refractivity contribution in [1.29, 1.82) is 0 Å². The average molecular weight is 1520 g/mol. The monoisotopic (exact) mass is 1510 g/mol. The Morgan fingerprint density at radius 3 is 0.485 bits per heavy atom. The van der Waals surface area contributed by atoms with Crippen LogP contribution in [0.1, 0.15) is 351 Å². The Kier molecular flexibility index (Phi) is 34.5. The van der Waals surface area contributed by atoms with Crippen LogP contribution in [0, 0.1) is 0 Å². The molecule has 0 atom stereocenters. The number of hydrogen-bond donors (Lipinski definition) is 0. The summed E-state index contributed by atoms with van der Waals surface area (Å²) in [4.78, 5) is 3.92. The molecular formula is C90H138Cl3O4PS3. The van der Waals surface area contributed by atoms with Crippen molar-refractivity contribution in [3.8, 4) is 0 Å². The maximum atomic E-state index is 18.2. The summed E-state index contributed by atoms with van der Waals surface area (Å²) >= 11 is 0. The van der Waals surface area contributed by atoms with Gasteiger partial charge in [0.05, 0.1) is 0 Å². The number of unbranched alkanes of at least 4 members (excludes halogenated alkanes) is 18. The molecule has 0 aliphatic rings. The van der Waals surface area contributed by atoms with Crippen LogP contribution in [0.2, 0.25) is 0 Å². The van der Waals surface area contributed by atoms with E-state index in [-0.39, 0.29) is 32.5 Å². The van der Waals surface area contributed by atoms with E-state index in [0.717, 1.165) is 77.0 Å². The summed E-state index contributed by atoms with van der Waals surface area (Å²) < 4.78 is 41.4. The normalized spacial score (nSPS) is 13.8. The van der Waals surface area contributed by atoms with Gasteiger partial charge >= 0.3 is 7.82 Å². The van der Waals surface area contributed by atoms with Crippen LogP contribution in [-0.4, -0.2) is 0 Å². The predicted octanol–water partition coefficient (Wildman–Crippen LogP) is 33.6. The molecule has 0 fully saturated rings. The van der Waals surface area contributed by atoms with Crippen molar-refractivity contribution in [2.24, 2.45) is 0 Å². The van der Waals surface area contributed by atoms with E-state index in [4.69, 9.17) is 44.0 Å². The molecular weight excluding hydrogens is 1380 g/mol. The smallest absolute Gasteiger partial charge is 0.225 e. The molecule has 0 radical (unpaired) electrons. The summed E-state index contributed by atoms with van der Waals surface area (Å²) in [5, 5.41) is 0. The Bertz CT molecular complexity index is 2840. The fourth-order valence-corrected chi connectivity index (χ4v) is 27.9. The van der Waals surface area contributed by atoms with Gasteiger partial charge in [-0.05, 0) is 209 Å². The maximum Gasteiger partial charge on any atom is 0.508 e. The third-order valence-corrected chi connectivity index (χ3v) is 36.8. The van der Waals surface area contributed by atoms with Gasteiger partial charge in [0.1, 0.15) is 0 Å². The van der Waals surface area contributed by atoms with Gasteiger partial charge in [-0.1, -0.05) is 352 Å². The summed E-state index contributed by atoms with van der Waals surface area (Å²) in [5.41, 5.74) is 6.46. The predicted molar refractivity (Wildman–Crippen MR) is 450 cm³/mol. The molecule has 0 aliphatic carbocycles. The molecule has 0 saturated heterocycles. The fourth-order valence-electron chi connectivity index (χ4n) is 14.4. The van der Waals surface area contributed by atoms with Crippen molar-refractivity contribution in [1.82, 2.24) is 0 Å². The van der Waals surface area contributed by atoms with Crippen molar-refractivity contribution < 1.29 is 16.5 Å². The van der Waals surface area contributed by atoms with E-state index in [1.165, 1.54) is 149 Å². The molecule has 6 rings (SSSR count). The molecule has 0 heterocycles. The zero-order chi connectivity index (χ0) is 74.2. The second-order valence-corrected chi connectivity index (χ2v) is 45.8. The van der Waals surface area contributed by atoms with Gasteiger partial charge < -0.3 is 0 Å². The molecule has 6 aromatic carbocycles. The molecule has 0 unspecified atom stereocenters. The summed E-state index contributed by atoms with van der Waals surface area (Å²) in [6, 6.07) is 51.3. The zero-order valence-corrected chi connectivity index (χ0v) is 72.1. The van der Waals surface area contributed by atoms with Gasteiger partial charge in [0.15, 0.2) is 0 Å². The molecule has 0 bridgehead atoms. The minimum atomic E-state index is -5.26. The van der Waals surface area contributed by atoms with Crippen LogP contribution in [0.15, 0.2) is 175 Å². The Hall–Kier alpha value is -2.65. The molecule has 0 spiro atoms. The molecule has 566 valence electrons. The SMILES string of the molecule is CCCCCCC(C)(C)c1ccc(S(Cl)(OP(=O)(OS(Cl)(c2ccc(C(C)(C)CCCCCC)cc2)c2ccc(C(C)(C)CCCCCC)cc2)OS(Cl)(c2ccc(C(C)(C)CCCCCC)cc2)c2ccc(C(C)(C)CCCCCC)cc2)c2ccc(C(C)(C)CCCCCC)cc2)cc1. The van der Waals surface area contributed by atoms with E-state index in [0.29, 0.717) is 29.4 Å². The van der Waals surface area contributed by atoms with Gasteiger partial charge in [-0.3, -0.25) is 0 Å². The van der Waals surface area contributed by atoms with Crippen LogP contribution in [0.4, 0.5) is 0 Å². The van der Waals surface area contributed by atoms with E-state index in [2.05, 4.69) is 270 Å². The zero-order valence-electron chi connectivity index (χ0n) is 66.5. The number of hydrogen-bond acceptors (Lipinski definition) is 4. The molecule has 0 amide bonds. The summed E-state index contributed by atoms with van der Waals surface area (Å²) in [7, 11) is 10.6. The minimum Gasteiger partial charge on any atom is -0.225 e. The van der Waals surface area contributed by atoms with Crippen LogP contribution in [-0.2, 0) is 49.0 Å². The first-order chi connectivity index (χ1) is 47.7. The first kappa shape index (κ1) is 87.3. The highest BCUT2D eigenvalue weighted by Gasteiger charge is 2.51. The first-order valence-electron chi connectivity index (χ1n) is 39.7. The highest BCUT2D eigenvalue weighted by atomic mass is 35.7. The lowest BCUT2D eigenvalue weighted by atomic mass is 9.80. The summed E-state index contributed by atoms with van der Waals surface area (Å²) in [6.07, 6.45) is 34.7. The van der Waals surface area contributed by atoms with E-state index < -0.39 is 36.4 Å². The maximum absolute atomic E-state index is 18.2. The highest BCUT2D eigenvalue weighted by molar-refractivity contribution is 8.52. The van der Waals surface area contributed by atoms with Crippen LogP contribution >= 0.6 is 68.4 Å². The second-order valence-electron chi connectivity index (χ2n) is 33.4. The van der Waals surface area contributed by atoms with Gasteiger partial charge in [0.25, 0.3) is 0 Å². The number of rotatable bonds is 48. The van der Waals surface area contributed by atoms with E-state index in [9.17, 15) is 0 Å². The van der Waals surface area contributed by atoms with E-state index >= 15 is 4.57 Å². The summed E-state index contributed by atoms with van der Waals surface area (Å²) in [5.74, 6) is 0. The Balaban J connectivity index is 1.69. The van der Waals surface area contributed by atoms with E-state index in [1.807, 2.05) is 0 Å². The van der Waals surface area contributed by atoms with Gasteiger partial charge in [-0.25, -0.2) is 16.5 Å². The standard InChI is InChI=1S/C90H138Cl3O4PS3/c1-19-25-31-37-67-85(7,8)73-43-55-79(56-44-73)99(91,80-57-45-74(46-58-80)86(9,10)68-38-32-26-20-2)95-98(94,96-100(92,81-59-47-75(48-60-81)87(11,12)69-39-33-27-21-3)82-61-49-76(50-62-82)88(13,14)70-40-34-28-22-4)97-101(93,83-63-51-77(52-64-83)89(15,16)71-41-35-29-23-5)84-65-53-78(54-66-84)90(17,18)72-42-36-30-24-6/h43-66H,19-42,67-72H2,1-18H3. The Morgan fingerprint density at radius 1 is 0.238 bits per heavy atom. The van der Waals surface area contributed by atoms with Gasteiger partial charge in [0, 0.05) is 57.9 Å². The lowest BCUT2D eigenvalue weighted by Gasteiger charge is -2.43. The second kappa shape index (κ2) is 40.0. The minimum absolute atomic E-state index is 0.119. The van der Waals surface area contributed by atoms with E-state index in [1.54, 1.807) is 0 Å². The van der Waals surface area contributed by atoms with Gasteiger partial charge in [-0.15, -0.1) is 0 Å². The topological polar surface area (TPSA) is 44.8 Å². The van der Waals surface area contributed by atoms with Crippen molar-refractivity contribution in [3.63, 3.8) is 0 Å². The van der Waals surface area contributed by atoms with Crippen LogP contribution in [0.5, 0.6) is 0 Å². The van der Waals surface area contributed by atoms with Crippen molar-refractivity contribution in [2.75, 3.05) is 0 Å². The molecule has 11 heteroatoms. The third kappa shape index (κ3) is 24.7. The van der Waals surface area contributed by atoms with Crippen molar-refractivity contribution >= 4 is 68.4 Å². The van der Waals surface area contributed by atoms with Crippen LogP contribution in [0.3, 0.4) is 0 Å². The summed E-state index contributed by atoms with van der Waals surface area (Å²) in [6.45, 7) is 41.6. The molecule has 0 aromatic heterocycles. The molecule has 0 saturated carbocycles. The molecule has 101 heavy (non-hydrogen) atoms. The lowest BCUT2D eigenvalue weighted by Crippen LogP contribution is -2.18. The van der Waals surface area contributed by atoms with Gasteiger partial charge in [0.2, 0.25) is 0 Å². The number of halogens is 3.